The number of Topliss-reactive ketones (excluding diaryl/α,β-unsaturated/α-hetero) is 1. The van der Waals surface area contributed by atoms with Gasteiger partial charge in [0.1, 0.15) is 10.8 Å². The van der Waals surface area contributed by atoms with Crippen LogP contribution in [0, 0.1) is 19.7 Å². The summed E-state index contributed by atoms with van der Waals surface area (Å²) in [6, 6.07) is 3.09. The number of benzene rings is 1. The van der Waals surface area contributed by atoms with Crippen molar-refractivity contribution in [2.24, 2.45) is 0 Å². The lowest BCUT2D eigenvalue weighted by atomic mass is 10.1. The standard InChI is InChI=1S/C13H12BrFN2OS/c1-6-4-10(15)9(14)5-11(6)16-13-12(8(3)18)7(2)17-19-13/h4-5,16H,1-3H3. The van der Waals surface area contributed by atoms with Gasteiger partial charge in [-0.15, -0.1) is 0 Å². The second-order valence-corrected chi connectivity index (χ2v) is 5.86. The van der Waals surface area contributed by atoms with E-state index in [1.165, 1.54) is 24.5 Å². The van der Waals surface area contributed by atoms with E-state index >= 15 is 0 Å². The minimum atomic E-state index is -0.310. The molecule has 1 heterocycles. The first kappa shape index (κ1) is 14.1. The first-order chi connectivity index (χ1) is 8.90. The van der Waals surface area contributed by atoms with Gasteiger partial charge in [0.15, 0.2) is 5.78 Å². The van der Waals surface area contributed by atoms with Gasteiger partial charge >= 0.3 is 0 Å². The Kier molecular flexibility index (Phi) is 4.01. The van der Waals surface area contributed by atoms with Crippen LogP contribution in [0.5, 0.6) is 0 Å². The molecular formula is C13H12BrFN2OS. The third-order valence-electron chi connectivity index (χ3n) is 2.73. The van der Waals surface area contributed by atoms with Gasteiger partial charge in [0.2, 0.25) is 0 Å². The second kappa shape index (κ2) is 5.38. The van der Waals surface area contributed by atoms with Gasteiger partial charge in [-0.1, -0.05) is 0 Å². The highest BCUT2D eigenvalue weighted by molar-refractivity contribution is 9.10. The van der Waals surface area contributed by atoms with Crippen molar-refractivity contribution in [3.05, 3.63) is 39.2 Å². The fraction of sp³-hybridized carbons (Fsp3) is 0.231. The third-order valence-corrected chi connectivity index (χ3v) is 4.19. The quantitative estimate of drug-likeness (QED) is 0.828. The molecule has 1 aromatic carbocycles. The molecule has 6 heteroatoms. The Bertz CT molecular complexity index is 654. The molecule has 0 radical (unpaired) electrons. The summed E-state index contributed by atoms with van der Waals surface area (Å²) >= 11 is 4.38. The molecule has 0 aliphatic carbocycles. The number of aromatic nitrogens is 1. The van der Waals surface area contributed by atoms with E-state index in [2.05, 4.69) is 25.6 Å². The summed E-state index contributed by atoms with van der Waals surface area (Å²) in [7, 11) is 0. The molecule has 0 fully saturated rings. The molecule has 2 rings (SSSR count). The Balaban J connectivity index is 2.42. The lowest BCUT2D eigenvalue weighted by Gasteiger charge is -2.10. The Morgan fingerprint density at radius 2 is 2.11 bits per heavy atom. The zero-order chi connectivity index (χ0) is 14.2. The molecule has 0 unspecified atom stereocenters. The van der Waals surface area contributed by atoms with Crippen molar-refractivity contribution in [1.82, 2.24) is 4.37 Å². The van der Waals surface area contributed by atoms with Crippen molar-refractivity contribution in [3.8, 4) is 0 Å². The molecule has 0 saturated heterocycles. The molecule has 0 bridgehead atoms. The van der Waals surface area contributed by atoms with Crippen molar-refractivity contribution < 1.29 is 9.18 Å². The van der Waals surface area contributed by atoms with Crippen LogP contribution in [0.4, 0.5) is 15.1 Å². The number of nitrogens with one attached hydrogen (secondary N) is 1. The maximum atomic E-state index is 13.4. The van der Waals surface area contributed by atoms with Crippen LogP contribution in [0.3, 0.4) is 0 Å². The molecule has 2 aromatic rings. The minimum absolute atomic E-state index is 0.0346. The minimum Gasteiger partial charge on any atom is -0.345 e. The molecule has 19 heavy (non-hydrogen) atoms. The second-order valence-electron chi connectivity index (χ2n) is 4.23. The van der Waals surface area contributed by atoms with Crippen molar-refractivity contribution in [2.75, 3.05) is 5.32 Å². The molecule has 0 atom stereocenters. The summed E-state index contributed by atoms with van der Waals surface area (Å²) in [6.45, 7) is 5.11. The third kappa shape index (κ3) is 2.84. The number of ketones is 1. The molecule has 1 aromatic heterocycles. The highest BCUT2D eigenvalue weighted by atomic mass is 79.9. The summed E-state index contributed by atoms with van der Waals surface area (Å²) in [4.78, 5) is 11.6. The van der Waals surface area contributed by atoms with E-state index in [4.69, 9.17) is 0 Å². The first-order valence-electron chi connectivity index (χ1n) is 5.60. The molecule has 100 valence electrons. The van der Waals surface area contributed by atoms with Gasteiger partial charge in [-0.3, -0.25) is 4.79 Å². The van der Waals surface area contributed by atoms with Crippen LogP contribution in [-0.2, 0) is 0 Å². The monoisotopic (exact) mass is 342 g/mol. The van der Waals surface area contributed by atoms with Gasteiger partial charge in [0, 0.05) is 5.69 Å². The number of carbonyl (C=O) groups is 1. The van der Waals surface area contributed by atoms with Gasteiger partial charge in [0.25, 0.3) is 0 Å². The molecule has 0 amide bonds. The summed E-state index contributed by atoms with van der Waals surface area (Å²) in [5.74, 6) is -0.345. The normalized spacial score (nSPS) is 10.6. The summed E-state index contributed by atoms with van der Waals surface area (Å²) < 4.78 is 17.9. The average Bonchev–Trinajstić information content (AvgIpc) is 2.67. The topological polar surface area (TPSA) is 42.0 Å². The number of hydrogen-bond acceptors (Lipinski definition) is 4. The number of carbonyl (C=O) groups excluding carboxylic acids is 1. The van der Waals surface area contributed by atoms with E-state index in [1.54, 1.807) is 19.9 Å². The molecule has 1 N–H and O–H groups in total. The number of hydrogen-bond donors (Lipinski definition) is 1. The maximum Gasteiger partial charge on any atom is 0.164 e. The van der Waals surface area contributed by atoms with Crippen LogP contribution in [0.2, 0.25) is 0 Å². The lowest BCUT2D eigenvalue weighted by Crippen LogP contribution is -2.00. The SMILES string of the molecule is CC(=O)c1c(C)nsc1Nc1cc(Br)c(F)cc1C. The van der Waals surface area contributed by atoms with E-state index in [0.717, 1.165) is 11.3 Å². The molecular weight excluding hydrogens is 331 g/mol. The Labute approximate surface area is 123 Å². The fourth-order valence-electron chi connectivity index (χ4n) is 1.77. The van der Waals surface area contributed by atoms with Gasteiger partial charge < -0.3 is 5.32 Å². The van der Waals surface area contributed by atoms with E-state index in [9.17, 15) is 9.18 Å². The smallest absolute Gasteiger partial charge is 0.164 e. The highest BCUT2D eigenvalue weighted by Crippen LogP contribution is 2.32. The van der Waals surface area contributed by atoms with Crippen molar-refractivity contribution in [1.29, 1.82) is 0 Å². The van der Waals surface area contributed by atoms with E-state index < -0.39 is 0 Å². The Morgan fingerprint density at radius 3 is 2.74 bits per heavy atom. The van der Waals surface area contributed by atoms with Crippen LogP contribution in [-0.4, -0.2) is 10.2 Å². The summed E-state index contributed by atoms with van der Waals surface area (Å²) in [5, 5.41) is 3.84. The van der Waals surface area contributed by atoms with E-state index in [0.29, 0.717) is 20.7 Å². The predicted molar refractivity (Wildman–Crippen MR) is 79.0 cm³/mol. The van der Waals surface area contributed by atoms with Crippen LogP contribution in [0.15, 0.2) is 16.6 Å². The summed E-state index contributed by atoms with van der Waals surface area (Å²) in [5.41, 5.74) is 2.81. The molecule has 0 spiro atoms. The van der Waals surface area contributed by atoms with Crippen molar-refractivity contribution in [2.45, 2.75) is 20.8 Å². The fourth-order valence-corrected chi connectivity index (χ4v) is 2.97. The lowest BCUT2D eigenvalue weighted by molar-refractivity contribution is 0.101. The van der Waals surface area contributed by atoms with Gasteiger partial charge in [-0.05, 0) is 65.9 Å². The first-order valence-corrected chi connectivity index (χ1v) is 7.16. The largest absolute Gasteiger partial charge is 0.345 e. The molecule has 3 nitrogen and oxygen atoms in total. The Hall–Kier alpha value is -1.27. The Morgan fingerprint density at radius 1 is 1.42 bits per heavy atom. The van der Waals surface area contributed by atoms with Gasteiger partial charge in [-0.25, -0.2) is 4.39 Å². The van der Waals surface area contributed by atoms with E-state index in [-0.39, 0.29) is 11.6 Å². The highest BCUT2D eigenvalue weighted by Gasteiger charge is 2.16. The maximum absolute atomic E-state index is 13.4. The van der Waals surface area contributed by atoms with Crippen LogP contribution < -0.4 is 5.32 Å². The molecule has 0 saturated carbocycles. The number of aryl methyl sites for hydroxylation is 2. The number of nitrogens with zero attached hydrogens (tertiary/aromatic N) is 1. The van der Waals surface area contributed by atoms with Crippen LogP contribution >= 0.6 is 27.5 Å². The number of rotatable bonds is 3. The zero-order valence-corrected chi connectivity index (χ0v) is 13.1. The molecule has 0 aliphatic rings. The number of halogens is 2. The zero-order valence-electron chi connectivity index (χ0n) is 10.7. The summed E-state index contributed by atoms with van der Waals surface area (Å²) in [6.07, 6.45) is 0. The van der Waals surface area contributed by atoms with Crippen LogP contribution in [0.25, 0.3) is 0 Å². The van der Waals surface area contributed by atoms with Crippen LogP contribution in [0.1, 0.15) is 28.5 Å². The van der Waals surface area contributed by atoms with Crippen molar-refractivity contribution >= 4 is 43.9 Å². The average molecular weight is 343 g/mol. The van der Waals surface area contributed by atoms with Crippen molar-refractivity contribution in [3.63, 3.8) is 0 Å². The van der Waals surface area contributed by atoms with E-state index in [1.807, 2.05) is 0 Å². The predicted octanol–water partition coefficient (Wildman–Crippen LogP) is 4.61. The molecule has 0 aliphatic heterocycles. The van der Waals surface area contributed by atoms with Gasteiger partial charge in [-0.2, -0.15) is 4.37 Å². The number of anilines is 2. The van der Waals surface area contributed by atoms with Gasteiger partial charge in [0.05, 0.1) is 15.7 Å².